The maximum Gasteiger partial charge on any atom is 0.318 e. The van der Waals surface area contributed by atoms with E-state index in [1.165, 1.54) is 4.31 Å². The first-order valence-corrected chi connectivity index (χ1v) is 8.38. The van der Waals surface area contributed by atoms with Gasteiger partial charge in [-0.1, -0.05) is 0 Å². The van der Waals surface area contributed by atoms with Gasteiger partial charge in [-0.2, -0.15) is 0 Å². The molecule has 1 aliphatic rings. The summed E-state index contributed by atoms with van der Waals surface area (Å²) in [6.07, 6.45) is 0.618. The Labute approximate surface area is 128 Å². The topological polar surface area (TPSA) is 122 Å². The fraction of sp³-hybridized carbons (Fsp3) is 0.385. The number of amides is 3. The van der Waals surface area contributed by atoms with Crippen LogP contribution in [0.25, 0.3) is 0 Å². The molecule has 1 fully saturated rings. The van der Waals surface area contributed by atoms with Crippen LogP contribution in [-0.2, 0) is 14.8 Å². The highest BCUT2D eigenvalue weighted by Gasteiger charge is 2.28. The van der Waals surface area contributed by atoms with Crippen LogP contribution in [0.4, 0.5) is 16.2 Å². The van der Waals surface area contributed by atoms with Crippen LogP contribution in [0.15, 0.2) is 24.3 Å². The number of rotatable bonds is 4. The zero-order valence-corrected chi connectivity index (χ0v) is 12.9. The predicted octanol–water partition coefficient (Wildman–Crippen LogP) is 0.222. The van der Waals surface area contributed by atoms with E-state index in [0.717, 1.165) is 0 Å². The fourth-order valence-electron chi connectivity index (χ4n) is 2.20. The van der Waals surface area contributed by atoms with Crippen LogP contribution in [0, 0.1) is 0 Å². The lowest BCUT2D eigenvalue weighted by molar-refractivity contribution is -0.120. The summed E-state index contributed by atoms with van der Waals surface area (Å²) in [7, 11) is -3.21. The molecule has 1 saturated heterocycles. The summed E-state index contributed by atoms with van der Waals surface area (Å²) in [5, 5.41) is 4.88. The van der Waals surface area contributed by atoms with E-state index in [1.54, 1.807) is 31.2 Å². The highest BCUT2D eigenvalue weighted by molar-refractivity contribution is 7.93. The molecule has 0 aliphatic carbocycles. The van der Waals surface area contributed by atoms with E-state index in [4.69, 9.17) is 5.73 Å². The molecule has 1 atom stereocenters. The first-order chi connectivity index (χ1) is 10.3. The van der Waals surface area contributed by atoms with Gasteiger partial charge in [0.05, 0.1) is 11.4 Å². The molecule has 3 amide bonds. The molecule has 1 heterocycles. The third-order valence-electron chi connectivity index (χ3n) is 3.28. The van der Waals surface area contributed by atoms with Gasteiger partial charge >= 0.3 is 6.03 Å². The molecule has 4 N–H and O–H groups in total. The van der Waals surface area contributed by atoms with Crippen molar-refractivity contribution in [2.45, 2.75) is 19.4 Å². The van der Waals surface area contributed by atoms with Gasteiger partial charge < -0.3 is 11.1 Å². The Morgan fingerprint density at radius 1 is 1.27 bits per heavy atom. The third-order valence-corrected chi connectivity index (χ3v) is 5.15. The monoisotopic (exact) mass is 326 g/mol. The number of hydrogen-bond acceptors (Lipinski definition) is 5. The van der Waals surface area contributed by atoms with E-state index in [9.17, 15) is 18.0 Å². The molecule has 9 heteroatoms. The van der Waals surface area contributed by atoms with Crippen molar-refractivity contribution in [2.75, 3.05) is 21.9 Å². The number of nitrogens with zero attached hydrogens (tertiary/aromatic N) is 1. The highest BCUT2D eigenvalue weighted by atomic mass is 32.2. The van der Waals surface area contributed by atoms with Crippen molar-refractivity contribution in [1.82, 2.24) is 5.32 Å². The van der Waals surface area contributed by atoms with Crippen LogP contribution >= 0.6 is 0 Å². The molecule has 2 rings (SSSR count). The molecule has 0 unspecified atom stereocenters. The summed E-state index contributed by atoms with van der Waals surface area (Å²) in [6.45, 7) is 2.06. The van der Waals surface area contributed by atoms with E-state index >= 15 is 0 Å². The summed E-state index contributed by atoms with van der Waals surface area (Å²) in [4.78, 5) is 22.2. The Morgan fingerprint density at radius 2 is 1.91 bits per heavy atom. The minimum absolute atomic E-state index is 0.164. The smallest absolute Gasteiger partial charge is 0.318 e. The van der Waals surface area contributed by atoms with Crippen molar-refractivity contribution < 1.29 is 18.0 Å². The van der Waals surface area contributed by atoms with Crippen molar-refractivity contribution in [1.29, 1.82) is 0 Å². The largest absolute Gasteiger partial charge is 0.374 e. The number of carbonyl (C=O) groups is 2. The molecule has 1 aromatic rings. The number of primary amides is 1. The lowest BCUT2D eigenvalue weighted by Gasteiger charge is -2.18. The molecule has 0 radical (unpaired) electrons. The Balaban J connectivity index is 2.03. The lowest BCUT2D eigenvalue weighted by atomic mass is 10.2. The summed E-state index contributed by atoms with van der Waals surface area (Å²) < 4.78 is 25.0. The van der Waals surface area contributed by atoms with Gasteiger partial charge in [-0.25, -0.2) is 13.2 Å². The molecule has 0 bridgehead atoms. The number of carbonyl (C=O) groups excluding carboxylic acids is 2. The first-order valence-electron chi connectivity index (χ1n) is 6.77. The van der Waals surface area contributed by atoms with Crippen LogP contribution in [0.2, 0.25) is 0 Å². The number of hydrogen-bond donors (Lipinski definition) is 3. The second kappa shape index (κ2) is 6.22. The highest BCUT2D eigenvalue weighted by Crippen LogP contribution is 2.25. The SMILES string of the molecule is C[C@@H](Nc1ccc(N2CCCS2(=O)=O)cc1)C(=O)NC(N)=O. The number of anilines is 2. The molecule has 0 aromatic heterocycles. The average Bonchev–Trinajstić information content (AvgIpc) is 2.78. The summed E-state index contributed by atoms with van der Waals surface area (Å²) in [5.74, 6) is -0.379. The molecule has 22 heavy (non-hydrogen) atoms. The standard InChI is InChI=1S/C13H18N4O4S/c1-9(12(18)16-13(14)19)15-10-3-5-11(6-4-10)17-7-2-8-22(17,20)21/h3-6,9,15H,2,7-8H2,1H3,(H3,14,16,18,19)/t9-/m1/s1. The number of benzene rings is 1. The van der Waals surface area contributed by atoms with Gasteiger partial charge in [0, 0.05) is 12.2 Å². The van der Waals surface area contributed by atoms with Gasteiger partial charge in [0.25, 0.3) is 0 Å². The minimum atomic E-state index is -3.21. The predicted molar refractivity (Wildman–Crippen MR) is 83.0 cm³/mol. The molecule has 0 spiro atoms. The Morgan fingerprint density at radius 3 is 2.41 bits per heavy atom. The number of nitrogens with two attached hydrogens (primary N) is 1. The van der Waals surface area contributed by atoms with Crippen molar-refractivity contribution in [2.24, 2.45) is 5.73 Å². The van der Waals surface area contributed by atoms with Crippen molar-refractivity contribution in [3.05, 3.63) is 24.3 Å². The second-order valence-electron chi connectivity index (χ2n) is 5.01. The molecule has 1 aromatic carbocycles. The maximum atomic E-state index is 11.8. The van der Waals surface area contributed by atoms with E-state index < -0.39 is 28.0 Å². The van der Waals surface area contributed by atoms with E-state index in [-0.39, 0.29) is 5.75 Å². The summed E-state index contributed by atoms with van der Waals surface area (Å²) in [6, 6.07) is 5.13. The molecular weight excluding hydrogens is 308 g/mol. The van der Waals surface area contributed by atoms with Crippen molar-refractivity contribution in [3.8, 4) is 0 Å². The Hall–Kier alpha value is -2.29. The number of sulfonamides is 1. The number of nitrogens with one attached hydrogen (secondary N) is 2. The second-order valence-corrected chi connectivity index (χ2v) is 7.02. The van der Waals surface area contributed by atoms with Crippen LogP contribution in [0.5, 0.6) is 0 Å². The Kier molecular flexibility index (Phi) is 4.55. The number of imide groups is 1. The summed E-state index contributed by atoms with van der Waals surface area (Å²) in [5.41, 5.74) is 6.11. The van der Waals surface area contributed by atoms with Crippen molar-refractivity contribution in [3.63, 3.8) is 0 Å². The molecule has 1 aliphatic heterocycles. The molecule has 0 saturated carbocycles. The zero-order valence-electron chi connectivity index (χ0n) is 12.1. The third kappa shape index (κ3) is 3.67. The molecule has 120 valence electrons. The normalized spacial score (nSPS) is 17.8. The summed E-state index contributed by atoms with van der Waals surface area (Å²) >= 11 is 0. The van der Waals surface area contributed by atoms with Gasteiger partial charge in [0.1, 0.15) is 6.04 Å². The molecular formula is C13H18N4O4S. The van der Waals surface area contributed by atoms with Crippen LogP contribution in [0.3, 0.4) is 0 Å². The van der Waals surface area contributed by atoms with Gasteiger partial charge in [0.2, 0.25) is 15.9 Å². The first kappa shape index (κ1) is 16.1. The van der Waals surface area contributed by atoms with Crippen LogP contribution < -0.4 is 20.7 Å². The number of urea groups is 1. The van der Waals surface area contributed by atoms with E-state index in [0.29, 0.717) is 24.3 Å². The van der Waals surface area contributed by atoms with E-state index in [1.807, 2.05) is 5.32 Å². The van der Waals surface area contributed by atoms with Crippen LogP contribution in [0.1, 0.15) is 13.3 Å². The zero-order chi connectivity index (χ0) is 16.3. The Bertz CT molecular complexity index is 672. The van der Waals surface area contributed by atoms with Gasteiger partial charge in [-0.3, -0.25) is 14.4 Å². The quantitative estimate of drug-likeness (QED) is 0.731. The van der Waals surface area contributed by atoms with E-state index in [2.05, 4.69) is 5.32 Å². The fourth-order valence-corrected chi connectivity index (χ4v) is 3.76. The van der Waals surface area contributed by atoms with Gasteiger partial charge in [-0.05, 0) is 37.6 Å². The average molecular weight is 326 g/mol. The minimum Gasteiger partial charge on any atom is -0.374 e. The van der Waals surface area contributed by atoms with Gasteiger partial charge in [-0.15, -0.1) is 0 Å². The molecule has 8 nitrogen and oxygen atoms in total. The van der Waals surface area contributed by atoms with Crippen molar-refractivity contribution >= 4 is 33.3 Å². The lowest BCUT2D eigenvalue weighted by Crippen LogP contribution is -2.43. The van der Waals surface area contributed by atoms with Gasteiger partial charge in [0.15, 0.2) is 0 Å². The van der Waals surface area contributed by atoms with Crippen LogP contribution in [-0.4, -0.2) is 38.7 Å². The maximum absolute atomic E-state index is 11.8.